The van der Waals surface area contributed by atoms with Crippen molar-refractivity contribution in [1.82, 2.24) is 0 Å². The summed E-state index contributed by atoms with van der Waals surface area (Å²) in [7, 11) is 0. The first-order valence-corrected chi connectivity index (χ1v) is 6.05. The maximum Gasteiger partial charge on any atom is 0.238 e. The Labute approximate surface area is 113 Å². The van der Waals surface area contributed by atoms with Crippen molar-refractivity contribution in [3.63, 3.8) is 0 Å². The van der Waals surface area contributed by atoms with E-state index in [1.165, 1.54) is 0 Å². The molecular weight excluding hydrogens is 236 g/mol. The number of amides is 1. The first-order chi connectivity index (χ1) is 9.19. The van der Waals surface area contributed by atoms with Crippen molar-refractivity contribution in [3.05, 3.63) is 24.3 Å². The Balaban J connectivity index is 2.63. The van der Waals surface area contributed by atoms with E-state index in [2.05, 4.69) is 11.8 Å². The zero-order valence-corrected chi connectivity index (χ0v) is 10.9. The van der Waals surface area contributed by atoms with Crippen molar-refractivity contribution >= 4 is 23.0 Å². The van der Waals surface area contributed by atoms with Crippen LogP contribution in [-0.4, -0.2) is 29.3 Å². The van der Waals surface area contributed by atoms with Gasteiger partial charge in [0, 0.05) is 13.0 Å². The first-order valence-electron chi connectivity index (χ1n) is 6.05. The number of hydrogen-bond acceptors (Lipinski definition) is 1. The second-order valence-corrected chi connectivity index (χ2v) is 4.38. The lowest BCUT2D eigenvalue weighted by Gasteiger charge is -2.17. The highest BCUT2D eigenvalue weighted by Gasteiger charge is 2.30. The molecule has 1 heterocycles. The second-order valence-electron chi connectivity index (χ2n) is 4.38. The van der Waals surface area contributed by atoms with Gasteiger partial charge in [-0.05, 0) is 12.0 Å². The predicted octanol–water partition coefficient (Wildman–Crippen LogP) is 1.79. The number of rotatable bonds is 2. The van der Waals surface area contributed by atoms with Crippen LogP contribution in [0.2, 0.25) is 0 Å². The van der Waals surface area contributed by atoms with Gasteiger partial charge in [-0.25, -0.2) is 0 Å². The molecule has 2 rings (SSSR count). The average Bonchev–Trinajstić information content (AvgIpc) is 2.50. The molecule has 0 fully saturated rings. The molecule has 0 saturated heterocycles. The minimum atomic E-state index is 0.00224. The van der Waals surface area contributed by atoms with Gasteiger partial charge in [0.2, 0.25) is 18.1 Å². The summed E-state index contributed by atoms with van der Waals surface area (Å²) in [5, 5.41) is 0. The molecule has 0 spiro atoms. The summed E-state index contributed by atoms with van der Waals surface area (Å²) in [5.74, 6) is 5.17. The number of benzene rings is 1. The van der Waals surface area contributed by atoms with Crippen molar-refractivity contribution in [1.29, 1.82) is 0 Å². The first kappa shape index (κ1) is 12.9. The highest BCUT2D eigenvalue weighted by atomic mass is 16.2. The van der Waals surface area contributed by atoms with E-state index in [0.717, 1.165) is 17.1 Å². The van der Waals surface area contributed by atoms with Crippen molar-refractivity contribution < 1.29 is 9.37 Å². The van der Waals surface area contributed by atoms with E-state index in [-0.39, 0.29) is 12.5 Å². The molecule has 1 aliphatic rings. The largest absolute Gasteiger partial charge is 0.294 e. The Morgan fingerprint density at radius 1 is 1.32 bits per heavy atom. The minimum Gasteiger partial charge on any atom is -0.294 e. The summed E-state index contributed by atoms with van der Waals surface area (Å²) >= 11 is 0. The number of para-hydroxylation sites is 2. The van der Waals surface area contributed by atoms with Gasteiger partial charge < -0.3 is 0 Å². The van der Waals surface area contributed by atoms with Crippen LogP contribution in [0, 0.1) is 24.7 Å². The summed E-state index contributed by atoms with van der Waals surface area (Å²) in [4.78, 5) is 13.9. The highest BCUT2D eigenvalue weighted by Crippen LogP contribution is 2.31. The number of hydrogen-bond donors (Lipinski definition) is 0. The molecule has 3 heteroatoms. The van der Waals surface area contributed by atoms with Gasteiger partial charge in [-0.3, -0.25) is 9.69 Å². The SMILES string of the molecule is C#CCN1C(=O)CC(C)=[N+](CC#C)c2ccccc21. The molecule has 19 heavy (non-hydrogen) atoms. The van der Waals surface area contributed by atoms with Crippen molar-refractivity contribution in [2.45, 2.75) is 13.3 Å². The molecule has 1 aromatic carbocycles. The molecule has 0 N–H and O–H groups in total. The number of terminal acetylenes is 2. The molecule has 1 aliphatic heterocycles. The van der Waals surface area contributed by atoms with E-state index in [4.69, 9.17) is 12.8 Å². The molecule has 1 amide bonds. The third-order valence-corrected chi connectivity index (χ3v) is 3.13. The van der Waals surface area contributed by atoms with Crippen molar-refractivity contribution in [2.75, 3.05) is 18.0 Å². The lowest BCUT2D eigenvalue weighted by Crippen LogP contribution is -2.31. The third-order valence-electron chi connectivity index (χ3n) is 3.13. The summed E-state index contributed by atoms with van der Waals surface area (Å²) < 4.78 is 1.99. The van der Waals surface area contributed by atoms with Crippen LogP contribution < -0.4 is 4.90 Å². The molecule has 0 atom stereocenters. The number of anilines is 1. The van der Waals surface area contributed by atoms with Gasteiger partial charge in [0.05, 0.1) is 6.54 Å². The standard InChI is InChI=1S/C16H15N2O/c1-4-10-17-13(3)12-16(19)18(11-5-2)15-9-7-6-8-14(15)17/h1-2,6-9H,10-12H2,3H3/q+1. The fourth-order valence-electron chi connectivity index (χ4n) is 2.25. The summed E-state index contributed by atoms with van der Waals surface area (Å²) in [6, 6.07) is 7.68. The van der Waals surface area contributed by atoms with E-state index in [9.17, 15) is 4.79 Å². The quantitative estimate of drug-likeness (QED) is 0.580. The van der Waals surface area contributed by atoms with Crippen LogP contribution in [0.1, 0.15) is 13.3 Å². The minimum absolute atomic E-state index is 0.00224. The predicted molar refractivity (Wildman–Crippen MR) is 76.5 cm³/mol. The van der Waals surface area contributed by atoms with Gasteiger partial charge >= 0.3 is 0 Å². The van der Waals surface area contributed by atoms with E-state index in [0.29, 0.717) is 13.0 Å². The van der Waals surface area contributed by atoms with E-state index < -0.39 is 0 Å². The molecule has 0 bridgehead atoms. The highest BCUT2D eigenvalue weighted by molar-refractivity contribution is 6.08. The maximum atomic E-state index is 12.3. The van der Waals surface area contributed by atoms with Crippen LogP contribution in [0.15, 0.2) is 24.3 Å². The van der Waals surface area contributed by atoms with Crippen LogP contribution in [0.3, 0.4) is 0 Å². The molecule has 0 radical (unpaired) electrons. The fourth-order valence-corrected chi connectivity index (χ4v) is 2.25. The van der Waals surface area contributed by atoms with Gasteiger partial charge in [-0.1, -0.05) is 18.1 Å². The number of fused-ring (bicyclic) bond motifs is 1. The van der Waals surface area contributed by atoms with Gasteiger partial charge in [0.1, 0.15) is 12.1 Å². The van der Waals surface area contributed by atoms with Crippen LogP contribution >= 0.6 is 0 Å². The topological polar surface area (TPSA) is 23.3 Å². The molecule has 0 unspecified atom stereocenters. The second kappa shape index (κ2) is 5.42. The monoisotopic (exact) mass is 251 g/mol. The van der Waals surface area contributed by atoms with Crippen LogP contribution in [0.25, 0.3) is 0 Å². The fraction of sp³-hybridized carbons (Fsp3) is 0.250. The van der Waals surface area contributed by atoms with Gasteiger partial charge in [-0.2, -0.15) is 4.58 Å². The van der Waals surface area contributed by atoms with E-state index in [1.54, 1.807) is 4.90 Å². The smallest absolute Gasteiger partial charge is 0.238 e. The number of carbonyl (C=O) groups excluding carboxylic acids is 1. The van der Waals surface area contributed by atoms with Crippen LogP contribution in [0.4, 0.5) is 11.4 Å². The molecule has 0 saturated carbocycles. The molecule has 0 aromatic heterocycles. The van der Waals surface area contributed by atoms with Crippen LogP contribution in [-0.2, 0) is 4.79 Å². The zero-order chi connectivity index (χ0) is 13.8. The zero-order valence-electron chi connectivity index (χ0n) is 10.9. The molecule has 94 valence electrons. The van der Waals surface area contributed by atoms with Gasteiger partial charge in [0.15, 0.2) is 5.71 Å². The van der Waals surface area contributed by atoms with Crippen LogP contribution in [0.5, 0.6) is 0 Å². The lowest BCUT2D eigenvalue weighted by atomic mass is 10.2. The Morgan fingerprint density at radius 3 is 2.74 bits per heavy atom. The molecular formula is C16H15N2O+. The molecule has 1 aromatic rings. The van der Waals surface area contributed by atoms with Crippen molar-refractivity contribution in [3.8, 4) is 24.7 Å². The number of carbonyl (C=O) groups is 1. The molecule has 3 nitrogen and oxygen atoms in total. The van der Waals surface area contributed by atoms with Crippen molar-refractivity contribution in [2.24, 2.45) is 0 Å². The maximum absolute atomic E-state index is 12.3. The molecule has 0 aliphatic carbocycles. The van der Waals surface area contributed by atoms with E-state index >= 15 is 0 Å². The Hall–Kier alpha value is -2.52. The summed E-state index contributed by atoms with van der Waals surface area (Å²) in [6.07, 6.45) is 11.1. The number of nitrogens with zero attached hydrogens (tertiary/aromatic N) is 2. The van der Waals surface area contributed by atoms with Gasteiger partial charge in [-0.15, -0.1) is 12.8 Å². The van der Waals surface area contributed by atoms with Gasteiger partial charge in [0.25, 0.3) is 0 Å². The Morgan fingerprint density at radius 2 is 2.05 bits per heavy atom. The normalized spacial score (nSPS) is 14.5. The van der Waals surface area contributed by atoms with E-state index in [1.807, 2.05) is 35.8 Å². The average molecular weight is 251 g/mol. The lowest BCUT2D eigenvalue weighted by molar-refractivity contribution is -0.426. The summed E-state index contributed by atoms with van der Waals surface area (Å²) in [5.41, 5.74) is 2.69. The summed E-state index contributed by atoms with van der Waals surface area (Å²) in [6.45, 7) is 2.64. The Kier molecular flexibility index (Phi) is 3.68. The Bertz CT molecular complexity index is 629. The third kappa shape index (κ3) is 2.37.